The molecule has 0 aliphatic rings. The molecular weight excluding hydrogens is 340 g/mol. The van der Waals surface area contributed by atoms with Gasteiger partial charge in [-0.2, -0.15) is 0 Å². The number of carbonyl (C=O) groups excluding carboxylic acids is 1. The van der Waals surface area contributed by atoms with Gasteiger partial charge in [-0.3, -0.25) is 4.79 Å². The number of nitrogens with zero attached hydrogens (tertiary/aromatic N) is 2. The topological polar surface area (TPSA) is 61.3 Å². The molecule has 2 rings (SSSR count). The van der Waals surface area contributed by atoms with Crippen molar-refractivity contribution in [2.75, 3.05) is 6.61 Å². The smallest absolute Gasteiger partial charge is 0.311 e. The number of unbranched alkanes of at least 4 members (excludes halogenated alkanes) is 3. The lowest BCUT2D eigenvalue weighted by molar-refractivity contribution is -0.135. The minimum absolute atomic E-state index is 0.200. The van der Waals surface area contributed by atoms with Gasteiger partial charge in [-0.25, -0.2) is 9.97 Å². The first-order valence-electron chi connectivity index (χ1n) is 9.88. The molecule has 0 aliphatic heterocycles. The van der Waals surface area contributed by atoms with Crippen molar-refractivity contribution in [3.05, 3.63) is 36.7 Å². The van der Waals surface area contributed by atoms with Crippen LogP contribution in [-0.2, 0) is 4.79 Å². The van der Waals surface area contributed by atoms with Crippen molar-refractivity contribution in [3.8, 4) is 22.9 Å². The van der Waals surface area contributed by atoms with Crippen LogP contribution in [0.4, 0.5) is 0 Å². The summed E-state index contributed by atoms with van der Waals surface area (Å²) in [5, 5.41) is 0. The zero-order valence-corrected chi connectivity index (χ0v) is 16.6. The van der Waals surface area contributed by atoms with Crippen molar-refractivity contribution in [1.82, 2.24) is 9.97 Å². The zero-order valence-electron chi connectivity index (χ0n) is 16.6. The molecule has 1 unspecified atom stereocenters. The van der Waals surface area contributed by atoms with E-state index in [1.807, 2.05) is 19.1 Å². The summed E-state index contributed by atoms with van der Waals surface area (Å²) in [6, 6.07) is 7.25. The number of aromatic nitrogens is 2. The average molecular weight is 370 g/mol. The Kier molecular flexibility index (Phi) is 8.75. The fourth-order valence-corrected chi connectivity index (χ4v) is 2.53. The monoisotopic (exact) mass is 370 g/mol. The fourth-order valence-electron chi connectivity index (χ4n) is 2.53. The molecule has 5 heteroatoms. The van der Waals surface area contributed by atoms with E-state index in [1.165, 1.54) is 19.3 Å². The second-order valence-electron chi connectivity index (χ2n) is 6.87. The molecule has 0 amide bonds. The lowest BCUT2D eigenvalue weighted by Crippen LogP contribution is -2.11. The van der Waals surface area contributed by atoms with E-state index in [-0.39, 0.29) is 5.97 Å². The van der Waals surface area contributed by atoms with Crippen LogP contribution in [0, 0.1) is 5.92 Å². The molecule has 0 fully saturated rings. The van der Waals surface area contributed by atoms with Crippen LogP contribution in [0.15, 0.2) is 36.7 Å². The fraction of sp³-hybridized carbons (Fsp3) is 0.500. The summed E-state index contributed by atoms with van der Waals surface area (Å²) in [7, 11) is 0. The van der Waals surface area contributed by atoms with Crippen LogP contribution >= 0.6 is 0 Å². The van der Waals surface area contributed by atoms with Crippen LogP contribution in [0.3, 0.4) is 0 Å². The Morgan fingerprint density at radius 1 is 1.00 bits per heavy atom. The number of ether oxygens (including phenoxy) is 2. The summed E-state index contributed by atoms with van der Waals surface area (Å²) in [6.07, 6.45) is 9.47. The van der Waals surface area contributed by atoms with Crippen molar-refractivity contribution < 1.29 is 14.3 Å². The van der Waals surface area contributed by atoms with Crippen molar-refractivity contribution in [1.29, 1.82) is 0 Å². The summed E-state index contributed by atoms with van der Waals surface area (Å²) in [4.78, 5) is 20.6. The van der Waals surface area contributed by atoms with Crippen LogP contribution in [0.25, 0.3) is 11.4 Å². The summed E-state index contributed by atoms with van der Waals surface area (Å²) < 4.78 is 11.0. The van der Waals surface area contributed by atoms with E-state index in [0.29, 0.717) is 36.3 Å². The summed E-state index contributed by atoms with van der Waals surface area (Å²) in [5.41, 5.74) is 0.867. The Bertz CT molecular complexity index is 684. The molecule has 146 valence electrons. The first kappa shape index (κ1) is 20.9. The van der Waals surface area contributed by atoms with E-state index in [9.17, 15) is 4.79 Å². The van der Waals surface area contributed by atoms with Crippen molar-refractivity contribution >= 4 is 5.97 Å². The summed E-state index contributed by atoms with van der Waals surface area (Å²) >= 11 is 0. The maximum absolute atomic E-state index is 11.9. The Balaban J connectivity index is 1.86. The lowest BCUT2D eigenvalue weighted by Gasteiger charge is -2.09. The first-order chi connectivity index (χ1) is 13.1. The number of esters is 1. The molecule has 27 heavy (non-hydrogen) atoms. The van der Waals surface area contributed by atoms with Crippen LogP contribution in [-0.4, -0.2) is 22.5 Å². The zero-order chi connectivity index (χ0) is 19.5. The molecule has 1 aromatic heterocycles. The van der Waals surface area contributed by atoms with Gasteiger partial charge in [-0.1, -0.05) is 46.5 Å². The quantitative estimate of drug-likeness (QED) is 0.299. The highest BCUT2D eigenvalue weighted by atomic mass is 16.5. The lowest BCUT2D eigenvalue weighted by atomic mass is 10.1. The molecule has 1 heterocycles. The van der Waals surface area contributed by atoms with Gasteiger partial charge in [0.2, 0.25) is 0 Å². The van der Waals surface area contributed by atoms with Gasteiger partial charge in [0.1, 0.15) is 5.75 Å². The van der Waals surface area contributed by atoms with Gasteiger partial charge in [-0.05, 0) is 36.6 Å². The van der Waals surface area contributed by atoms with E-state index in [4.69, 9.17) is 9.47 Å². The van der Waals surface area contributed by atoms with E-state index in [0.717, 1.165) is 18.4 Å². The van der Waals surface area contributed by atoms with E-state index in [2.05, 4.69) is 23.8 Å². The van der Waals surface area contributed by atoms with Gasteiger partial charge in [0.05, 0.1) is 19.0 Å². The third-order valence-electron chi connectivity index (χ3n) is 4.45. The summed E-state index contributed by atoms with van der Waals surface area (Å²) in [5.74, 6) is 1.97. The number of hydrogen-bond donors (Lipinski definition) is 0. The highest BCUT2D eigenvalue weighted by molar-refractivity contribution is 5.72. The second kappa shape index (κ2) is 11.3. The third kappa shape index (κ3) is 7.37. The Morgan fingerprint density at radius 2 is 1.70 bits per heavy atom. The van der Waals surface area contributed by atoms with Crippen LogP contribution in [0.1, 0.15) is 59.3 Å². The van der Waals surface area contributed by atoms with Gasteiger partial charge in [0, 0.05) is 12.0 Å². The Morgan fingerprint density at radius 3 is 2.33 bits per heavy atom. The van der Waals surface area contributed by atoms with Crippen molar-refractivity contribution in [2.24, 2.45) is 5.92 Å². The minimum atomic E-state index is -0.200. The molecule has 0 N–H and O–H groups in total. The molecule has 0 saturated heterocycles. The molecule has 0 saturated carbocycles. The molecular formula is C22H30N2O3. The SMILES string of the molecule is CCCCCCOc1cnc(-c2ccc(OC(=O)CC(C)CC)cc2)nc1. The molecule has 1 aromatic carbocycles. The molecule has 2 aromatic rings. The van der Waals surface area contributed by atoms with Crippen molar-refractivity contribution in [3.63, 3.8) is 0 Å². The third-order valence-corrected chi connectivity index (χ3v) is 4.45. The second-order valence-corrected chi connectivity index (χ2v) is 6.87. The number of carbonyl (C=O) groups is 1. The van der Waals surface area contributed by atoms with Gasteiger partial charge in [-0.15, -0.1) is 0 Å². The number of hydrogen-bond acceptors (Lipinski definition) is 5. The van der Waals surface area contributed by atoms with Crippen LogP contribution in [0.2, 0.25) is 0 Å². The maximum atomic E-state index is 11.9. The largest absolute Gasteiger partial charge is 0.490 e. The molecule has 0 spiro atoms. The van der Waals surface area contributed by atoms with E-state index < -0.39 is 0 Å². The van der Waals surface area contributed by atoms with Gasteiger partial charge >= 0.3 is 5.97 Å². The van der Waals surface area contributed by atoms with Gasteiger partial charge < -0.3 is 9.47 Å². The predicted molar refractivity (Wildman–Crippen MR) is 107 cm³/mol. The highest BCUT2D eigenvalue weighted by Gasteiger charge is 2.10. The first-order valence-corrected chi connectivity index (χ1v) is 9.88. The van der Waals surface area contributed by atoms with Crippen molar-refractivity contribution in [2.45, 2.75) is 59.3 Å². The van der Waals surface area contributed by atoms with Crippen LogP contribution < -0.4 is 9.47 Å². The van der Waals surface area contributed by atoms with E-state index >= 15 is 0 Å². The Labute approximate surface area is 162 Å². The van der Waals surface area contributed by atoms with Gasteiger partial charge in [0.25, 0.3) is 0 Å². The molecule has 1 atom stereocenters. The van der Waals surface area contributed by atoms with E-state index in [1.54, 1.807) is 24.5 Å². The number of benzene rings is 1. The van der Waals surface area contributed by atoms with Gasteiger partial charge in [0.15, 0.2) is 11.6 Å². The molecule has 0 aliphatic carbocycles. The predicted octanol–water partition coefficient (Wildman–Crippen LogP) is 5.44. The van der Waals surface area contributed by atoms with Crippen LogP contribution in [0.5, 0.6) is 11.5 Å². The minimum Gasteiger partial charge on any atom is -0.490 e. The maximum Gasteiger partial charge on any atom is 0.311 e. The highest BCUT2D eigenvalue weighted by Crippen LogP contribution is 2.21. The molecule has 0 radical (unpaired) electrons. The molecule has 5 nitrogen and oxygen atoms in total. The standard InChI is InChI=1S/C22H30N2O3/c1-4-6-7-8-13-26-20-15-23-22(24-16-20)18-9-11-19(12-10-18)27-21(25)14-17(3)5-2/h9-12,15-17H,4-8,13-14H2,1-3H3. The Hall–Kier alpha value is -2.43. The molecule has 0 bridgehead atoms. The average Bonchev–Trinajstić information content (AvgIpc) is 2.69. The normalized spacial score (nSPS) is 11.8. The number of rotatable bonds is 11. The summed E-state index contributed by atoms with van der Waals surface area (Å²) in [6.45, 7) is 6.99.